The van der Waals surface area contributed by atoms with E-state index in [4.69, 9.17) is 10.00 Å². The Bertz CT molecular complexity index is 913. The highest BCUT2D eigenvalue weighted by molar-refractivity contribution is 8.25. The largest absolute Gasteiger partial charge is 0.454 e. The van der Waals surface area contributed by atoms with Crippen LogP contribution in [0.25, 0.3) is 0 Å². The first-order valence-electron chi connectivity index (χ1n) is 6.64. The number of nitriles is 1. The first kappa shape index (κ1) is 17.5. The van der Waals surface area contributed by atoms with Gasteiger partial charge in [0.05, 0.1) is 22.1 Å². The van der Waals surface area contributed by atoms with Gasteiger partial charge in [0.15, 0.2) is 17.7 Å². The van der Waals surface area contributed by atoms with Crippen LogP contribution < -0.4 is 4.74 Å². The van der Waals surface area contributed by atoms with Crippen molar-refractivity contribution in [2.24, 2.45) is 0 Å². The van der Waals surface area contributed by atoms with Crippen LogP contribution in [-0.2, 0) is 0 Å². The van der Waals surface area contributed by atoms with E-state index in [0.717, 1.165) is 30.3 Å². The van der Waals surface area contributed by atoms with E-state index in [9.17, 15) is 31.8 Å². The van der Waals surface area contributed by atoms with E-state index in [1.807, 2.05) is 0 Å². The molecule has 0 fully saturated rings. The molecule has 0 saturated carbocycles. The molecule has 1 aliphatic rings. The molecule has 1 atom stereocenters. The molecular weight excluding hydrogens is 366 g/mol. The summed E-state index contributed by atoms with van der Waals surface area (Å²) in [7, 11) is -4.74. The van der Waals surface area contributed by atoms with Crippen LogP contribution in [-0.4, -0.2) is 19.5 Å². The number of alkyl halides is 2. The van der Waals surface area contributed by atoms with Gasteiger partial charge in [-0.25, -0.2) is 8.78 Å². The molecule has 10 heteroatoms. The van der Waals surface area contributed by atoms with E-state index in [2.05, 4.69) is 0 Å². The topological polar surface area (TPSA) is 93.7 Å². The fraction of sp³-hybridized carbons (Fsp3) is 0.133. The van der Waals surface area contributed by atoms with Crippen LogP contribution in [0.2, 0.25) is 0 Å². The molecule has 0 spiro atoms. The van der Waals surface area contributed by atoms with Crippen molar-refractivity contribution in [3.63, 3.8) is 0 Å². The summed E-state index contributed by atoms with van der Waals surface area (Å²) >= 11 is 0. The lowest BCUT2D eigenvalue weighted by Gasteiger charge is -2.34. The van der Waals surface area contributed by atoms with Crippen LogP contribution in [0.15, 0.2) is 35.2 Å². The van der Waals surface area contributed by atoms with Gasteiger partial charge < -0.3 is 9.84 Å². The maximum absolute atomic E-state index is 14.5. The van der Waals surface area contributed by atoms with Gasteiger partial charge in [0, 0.05) is 6.07 Å². The third kappa shape index (κ3) is 2.52. The summed E-state index contributed by atoms with van der Waals surface area (Å²) in [5.41, 5.74) is -1.11. The average molecular weight is 375 g/mol. The van der Waals surface area contributed by atoms with E-state index in [1.54, 1.807) is 6.07 Å². The molecule has 5 nitrogen and oxygen atoms in total. The number of aliphatic hydroxyl groups excluding tert-OH is 1. The molecule has 0 amide bonds. The lowest BCUT2D eigenvalue weighted by molar-refractivity contribution is -0.0448. The van der Waals surface area contributed by atoms with E-state index < -0.39 is 49.8 Å². The van der Waals surface area contributed by atoms with Crippen LogP contribution in [0.3, 0.4) is 0 Å². The van der Waals surface area contributed by atoms with E-state index >= 15 is 0 Å². The third-order valence-electron chi connectivity index (χ3n) is 3.61. The highest BCUT2D eigenvalue weighted by Gasteiger charge is 2.61. The fourth-order valence-corrected chi connectivity index (χ4v) is 3.91. The zero-order valence-electron chi connectivity index (χ0n) is 12.1. The summed E-state index contributed by atoms with van der Waals surface area (Å²) in [4.78, 5) is -0.827. The number of nitrogens with zero attached hydrogens (tertiary/aromatic N) is 1. The third-order valence-corrected chi connectivity index (χ3v) is 5.56. The number of benzene rings is 2. The summed E-state index contributed by atoms with van der Waals surface area (Å²) in [6, 6.07) is 6.13. The van der Waals surface area contributed by atoms with Crippen LogP contribution >= 0.6 is 10.6 Å². The van der Waals surface area contributed by atoms with Crippen molar-refractivity contribution in [1.82, 2.24) is 0 Å². The Morgan fingerprint density at radius 2 is 1.84 bits per heavy atom. The Morgan fingerprint density at radius 3 is 2.48 bits per heavy atom. The number of ether oxygens (including phenoxy) is 1. The van der Waals surface area contributed by atoms with Gasteiger partial charge in [-0.15, -0.1) is 10.6 Å². The highest BCUT2D eigenvalue weighted by Crippen LogP contribution is 2.72. The molecule has 1 aliphatic heterocycles. The summed E-state index contributed by atoms with van der Waals surface area (Å²) in [5.74, 6) is -3.21. The molecule has 3 rings (SSSR count). The molecule has 2 aromatic carbocycles. The van der Waals surface area contributed by atoms with Crippen LogP contribution in [0, 0.1) is 23.0 Å². The van der Waals surface area contributed by atoms with Crippen molar-refractivity contribution in [2.75, 3.05) is 0 Å². The molecule has 0 bridgehead atoms. The van der Waals surface area contributed by atoms with Crippen molar-refractivity contribution in [1.29, 1.82) is 5.26 Å². The van der Waals surface area contributed by atoms with Crippen LogP contribution in [0.4, 0.5) is 17.6 Å². The minimum absolute atomic E-state index is 0.114. The van der Waals surface area contributed by atoms with Crippen LogP contribution in [0.1, 0.15) is 17.2 Å². The number of rotatable bonds is 2. The molecule has 1 heterocycles. The molecule has 0 saturated heterocycles. The van der Waals surface area contributed by atoms with Crippen molar-refractivity contribution < 1.29 is 36.5 Å². The van der Waals surface area contributed by atoms with Crippen molar-refractivity contribution in [2.45, 2.75) is 16.3 Å². The molecule has 2 aromatic rings. The first-order chi connectivity index (χ1) is 11.6. The molecule has 1 unspecified atom stereocenters. The smallest absolute Gasteiger partial charge is 0.371 e. The molecule has 0 aromatic heterocycles. The minimum atomic E-state index is -4.74. The zero-order chi connectivity index (χ0) is 18.6. The second-order valence-electron chi connectivity index (χ2n) is 5.19. The zero-order valence-corrected chi connectivity index (χ0v) is 12.9. The number of aliphatic hydroxyl groups is 1. The van der Waals surface area contributed by atoms with Crippen LogP contribution in [0.5, 0.6) is 11.5 Å². The predicted octanol–water partition coefficient (Wildman–Crippen LogP) is 4.38. The van der Waals surface area contributed by atoms with Crippen molar-refractivity contribution >= 4 is 10.6 Å². The van der Waals surface area contributed by atoms with Gasteiger partial charge in [0.1, 0.15) is 11.6 Å². The Hall–Kier alpha value is -2.32. The summed E-state index contributed by atoms with van der Waals surface area (Å²) in [6.45, 7) is 0. The fourth-order valence-electron chi connectivity index (χ4n) is 2.42. The minimum Gasteiger partial charge on any atom is -0.454 e. The Morgan fingerprint density at radius 1 is 1.16 bits per heavy atom. The number of halogens is 4. The molecule has 132 valence electrons. The molecule has 3 N–H and O–H groups in total. The van der Waals surface area contributed by atoms with Gasteiger partial charge in [0.2, 0.25) is 0 Å². The van der Waals surface area contributed by atoms with Gasteiger partial charge in [-0.1, -0.05) is 0 Å². The van der Waals surface area contributed by atoms with Gasteiger partial charge in [-0.3, -0.25) is 9.11 Å². The second kappa shape index (κ2) is 5.60. The Balaban J connectivity index is 2.07. The number of fused-ring (bicyclic) bond motifs is 1. The Kier molecular flexibility index (Phi) is 3.92. The maximum Gasteiger partial charge on any atom is 0.371 e. The first-order valence-corrected chi connectivity index (χ1v) is 8.19. The van der Waals surface area contributed by atoms with Crippen molar-refractivity contribution in [3.05, 3.63) is 53.1 Å². The van der Waals surface area contributed by atoms with E-state index in [1.165, 1.54) is 0 Å². The molecule has 0 aliphatic carbocycles. The normalized spacial score (nSPS) is 21.3. The quantitative estimate of drug-likeness (QED) is 0.678. The highest BCUT2D eigenvalue weighted by atomic mass is 32.3. The number of hydrogen-bond donors (Lipinski definition) is 3. The summed E-state index contributed by atoms with van der Waals surface area (Å²) in [6.07, 6.45) is -2.78. The van der Waals surface area contributed by atoms with Gasteiger partial charge in [-0.05, 0) is 24.3 Å². The lowest BCUT2D eigenvalue weighted by Crippen LogP contribution is -2.26. The van der Waals surface area contributed by atoms with Gasteiger partial charge in [-0.2, -0.15) is 14.0 Å². The summed E-state index contributed by atoms with van der Waals surface area (Å²) in [5, 5.41) is 14.0. The molecular formula is C15H9F4NO4S. The molecule has 0 radical (unpaired) electrons. The monoisotopic (exact) mass is 375 g/mol. The van der Waals surface area contributed by atoms with E-state index in [0.29, 0.717) is 0 Å². The summed E-state index contributed by atoms with van der Waals surface area (Å²) < 4.78 is 79.7. The number of hydrogen-bond acceptors (Lipinski definition) is 5. The molecule has 25 heavy (non-hydrogen) atoms. The van der Waals surface area contributed by atoms with E-state index in [-0.39, 0.29) is 11.3 Å². The SMILES string of the molecule is N#Cc1cc(F)cc(Oc2ccc3c(c2F)C(O)C(F)(F)S3(O)O)c1. The second-order valence-corrected chi connectivity index (χ2v) is 7.27. The predicted molar refractivity (Wildman–Crippen MR) is 78.6 cm³/mol. The maximum atomic E-state index is 14.5. The Labute approximate surface area is 140 Å². The standard InChI is InChI=1S/C15H9F4NO4S/c16-8-3-7(6-20)4-9(5-8)24-10-1-2-11-12(13(10)17)14(21)15(18,19)25(11,22)23/h1-5,14,21-23H. The van der Waals surface area contributed by atoms with Gasteiger partial charge in [0.25, 0.3) is 0 Å². The average Bonchev–Trinajstić information content (AvgIpc) is 2.67. The van der Waals surface area contributed by atoms with Crippen molar-refractivity contribution in [3.8, 4) is 17.6 Å². The van der Waals surface area contributed by atoms with Gasteiger partial charge >= 0.3 is 5.25 Å². The lowest BCUT2D eigenvalue weighted by atomic mass is 10.1.